The van der Waals surface area contributed by atoms with Gasteiger partial charge >= 0.3 is 12.3 Å². The molecule has 0 aromatic heterocycles. The second-order valence-corrected chi connectivity index (χ2v) is 4.75. The highest BCUT2D eigenvalue weighted by Gasteiger charge is 2.31. The van der Waals surface area contributed by atoms with Gasteiger partial charge in [-0.1, -0.05) is 25.5 Å². The van der Waals surface area contributed by atoms with Crippen molar-refractivity contribution in [3.8, 4) is 0 Å². The fourth-order valence-corrected chi connectivity index (χ4v) is 2.26. The number of carboxylic acid groups (broad SMARTS) is 1. The molecule has 1 aromatic carbocycles. The van der Waals surface area contributed by atoms with Crippen molar-refractivity contribution in [1.82, 2.24) is 5.32 Å². The van der Waals surface area contributed by atoms with E-state index in [4.69, 9.17) is 5.11 Å². The number of alkyl halides is 3. The normalized spacial score (nSPS) is 14.5. The Labute approximate surface area is 120 Å². The van der Waals surface area contributed by atoms with Crippen molar-refractivity contribution in [3.63, 3.8) is 0 Å². The lowest BCUT2D eigenvalue weighted by molar-refractivity contribution is -0.137. The number of hydrogen-bond donors (Lipinski definition) is 3. The van der Waals surface area contributed by atoms with Crippen LogP contribution in [0.4, 0.5) is 18.0 Å². The van der Waals surface area contributed by atoms with Gasteiger partial charge in [-0.05, 0) is 24.1 Å². The number of aliphatic hydroxyl groups is 1. The number of nitrogens with one attached hydrogen (secondary N) is 1. The molecule has 118 valence electrons. The van der Waals surface area contributed by atoms with Gasteiger partial charge in [-0.2, -0.15) is 13.2 Å². The van der Waals surface area contributed by atoms with Crippen molar-refractivity contribution in [3.05, 3.63) is 35.4 Å². The van der Waals surface area contributed by atoms with E-state index in [1.54, 1.807) is 0 Å². The molecular formula is C14H18F3NO3. The molecule has 0 aliphatic rings. The lowest BCUT2D eigenvalue weighted by atomic mass is 9.87. The molecule has 2 atom stereocenters. The standard InChI is InChI=1S/C14H18F3NO3/c1-2-3-11(12(8-19)18-13(20)21)9-4-6-10(7-5-9)14(15,16)17/h4-7,11-12,18-19H,2-3,8H2,1H3,(H,20,21)/t11-,12+/m0/s1. The SMILES string of the molecule is CCC[C@@H](c1ccc(C(F)(F)F)cc1)[C@@H](CO)NC(=O)O. The zero-order valence-corrected chi connectivity index (χ0v) is 11.5. The number of carbonyl (C=O) groups is 1. The van der Waals surface area contributed by atoms with Crippen LogP contribution in [0, 0.1) is 0 Å². The van der Waals surface area contributed by atoms with Crippen LogP contribution in [0.5, 0.6) is 0 Å². The van der Waals surface area contributed by atoms with Crippen LogP contribution in [-0.2, 0) is 6.18 Å². The van der Waals surface area contributed by atoms with Gasteiger partial charge in [-0.3, -0.25) is 0 Å². The van der Waals surface area contributed by atoms with E-state index in [0.717, 1.165) is 12.1 Å². The summed E-state index contributed by atoms with van der Waals surface area (Å²) >= 11 is 0. The third-order valence-corrected chi connectivity index (χ3v) is 3.26. The quantitative estimate of drug-likeness (QED) is 0.756. The highest BCUT2D eigenvalue weighted by atomic mass is 19.4. The van der Waals surface area contributed by atoms with Crippen LogP contribution in [0.1, 0.15) is 36.8 Å². The number of halogens is 3. The van der Waals surface area contributed by atoms with Gasteiger partial charge in [0.05, 0.1) is 18.2 Å². The van der Waals surface area contributed by atoms with E-state index < -0.39 is 30.5 Å². The summed E-state index contributed by atoms with van der Waals surface area (Å²) in [6.45, 7) is 1.46. The number of amides is 1. The van der Waals surface area contributed by atoms with E-state index in [0.29, 0.717) is 18.4 Å². The summed E-state index contributed by atoms with van der Waals surface area (Å²) in [5.74, 6) is -0.376. The predicted octanol–water partition coefficient (Wildman–Crippen LogP) is 3.22. The first-order valence-corrected chi connectivity index (χ1v) is 6.57. The van der Waals surface area contributed by atoms with Gasteiger partial charge in [0, 0.05) is 5.92 Å². The molecule has 7 heteroatoms. The monoisotopic (exact) mass is 305 g/mol. The molecule has 4 nitrogen and oxygen atoms in total. The Kier molecular flexibility index (Phi) is 6.02. The summed E-state index contributed by atoms with van der Waals surface area (Å²) < 4.78 is 37.6. The molecule has 0 fully saturated rings. The summed E-state index contributed by atoms with van der Waals surface area (Å²) in [5, 5.41) is 20.3. The lowest BCUT2D eigenvalue weighted by Gasteiger charge is -2.26. The van der Waals surface area contributed by atoms with E-state index in [-0.39, 0.29) is 5.92 Å². The molecule has 0 saturated heterocycles. The van der Waals surface area contributed by atoms with Crippen LogP contribution < -0.4 is 5.32 Å². The van der Waals surface area contributed by atoms with Crippen LogP contribution in [0.25, 0.3) is 0 Å². The Morgan fingerprint density at radius 2 is 1.86 bits per heavy atom. The van der Waals surface area contributed by atoms with Gasteiger partial charge in [-0.25, -0.2) is 4.79 Å². The minimum atomic E-state index is -4.41. The molecule has 1 amide bonds. The van der Waals surface area contributed by atoms with E-state index in [1.165, 1.54) is 12.1 Å². The first-order chi connectivity index (χ1) is 9.79. The smallest absolute Gasteiger partial charge is 0.416 e. The van der Waals surface area contributed by atoms with Crippen molar-refractivity contribution < 1.29 is 28.2 Å². The molecule has 0 spiro atoms. The van der Waals surface area contributed by atoms with Crippen molar-refractivity contribution in [2.45, 2.75) is 37.9 Å². The zero-order valence-electron chi connectivity index (χ0n) is 11.5. The minimum absolute atomic E-state index is 0.376. The van der Waals surface area contributed by atoms with E-state index >= 15 is 0 Å². The molecule has 0 saturated carbocycles. The van der Waals surface area contributed by atoms with Gasteiger partial charge in [0.2, 0.25) is 0 Å². The van der Waals surface area contributed by atoms with Crippen molar-refractivity contribution in [1.29, 1.82) is 0 Å². The second-order valence-electron chi connectivity index (χ2n) is 4.75. The third-order valence-electron chi connectivity index (χ3n) is 3.26. The molecule has 0 aliphatic carbocycles. The van der Waals surface area contributed by atoms with Crippen molar-refractivity contribution in [2.24, 2.45) is 0 Å². The van der Waals surface area contributed by atoms with E-state index in [1.807, 2.05) is 6.92 Å². The van der Waals surface area contributed by atoms with Gasteiger partial charge in [0.25, 0.3) is 0 Å². The molecular weight excluding hydrogens is 287 g/mol. The van der Waals surface area contributed by atoms with Crippen LogP contribution in [0.2, 0.25) is 0 Å². The lowest BCUT2D eigenvalue weighted by Crippen LogP contribution is -2.41. The van der Waals surface area contributed by atoms with E-state index in [9.17, 15) is 23.1 Å². The van der Waals surface area contributed by atoms with Crippen LogP contribution >= 0.6 is 0 Å². The second kappa shape index (κ2) is 7.31. The van der Waals surface area contributed by atoms with Gasteiger partial charge in [0.15, 0.2) is 0 Å². The summed E-state index contributed by atoms with van der Waals surface area (Å²) in [6, 6.07) is 3.84. The zero-order chi connectivity index (χ0) is 16.0. The highest BCUT2D eigenvalue weighted by Crippen LogP contribution is 2.32. The van der Waals surface area contributed by atoms with Gasteiger partial charge < -0.3 is 15.5 Å². The van der Waals surface area contributed by atoms with Crippen molar-refractivity contribution in [2.75, 3.05) is 6.61 Å². The number of benzene rings is 1. The van der Waals surface area contributed by atoms with Gasteiger partial charge in [-0.15, -0.1) is 0 Å². The maximum atomic E-state index is 12.5. The summed E-state index contributed by atoms with van der Waals surface area (Å²) in [6.07, 6.45) is -4.42. The Balaban J connectivity index is 3.01. The largest absolute Gasteiger partial charge is 0.465 e. The molecule has 1 aromatic rings. The first-order valence-electron chi connectivity index (χ1n) is 6.57. The van der Waals surface area contributed by atoms with Crippen LogP contribution in [-0.4, -0.2) is 29.0 Å². The topological polar surface area (TPSA) is 69.6 Å². The first kappa shape index (κ1) is 17.3. The Morgan fingerprint density at radius 1 is 1.29 bits per heavy atom. The molecule has 1 rings (SSSR count). The molecule has 0 radical (unpaired) electrons. The molecule has 0 unspecified atom stereocenters. The average molecular weight is 305 g/mol. The highest BCUT2D eigenvalue weighted by molar-refractivity contribution is 5.65. The van der Waals surface area contributed by atoms with Crippen LogP contribution in [0.3, 0.4) is 0 Å². The summed E-state index contributed by atoms with van der Waals surface area (Å²) in [4.78, 5) is 10.7. The third kappa shape index (κ3) is 4.93. The summed E-state index contributed by atoms with van der Waals surface area (Å²) in [7, 11) is 0. The van der Waals surface area contributed by atoms with E-state index in [2.05, 4.69) is 5.32 Å². The number of rotatable bonds is 6. The fraction of sp³-hybridized carbons (Fsp3) is 0.500. The molecule has 0 aliphatic heterocycles. The molecule has 0 heterocycles. The van der Waals surface area contributed by atoms with Crippen LogP contribution in [0.15, 0.2) is 24.3 Å². The Bertz CT molecular complexity index is 460. The number of hydrogen-bond acceptors (Lipinski definition) is 2. The molecule has 0 bridgehead atoms. The number of aliphatic hydroxyl groups excluding tert-OH is 1. The van der Waals surface area contributed by atoms with Crippen molar-refractivity contribution >= 4 is 6.09 Å². The fourth-order valence-electron chi connectivity index (χ4n) is 2.26. The Morgan fingerprint density at radius 3 is 2.24 bits per heavy atom. The Hall–Kier alpha value is -1.76. The maximum absolute atomic E-state index is 12.5. The summed E-state index contributed by atoms with van der Waals surface area (Å²) in [5.41, 5.74) is -0.189. The predicted molar refractivity (Wildman–Crippen MR) is 71.1 cm³/mol. The minimum Gasteiger partial charge on any atom is -0.465 e. The van der Waals surface area contributed by atoms with Gasteiger partial charge in [0.1, 0.15) is 0 Å². The maximum Gasteiger partial charge on any atom is 0.416 e. The molecule has 3 N–H and O–H groups in total. The average Bonchev–Trinajstić information content (AvgIpc) is 2.41. The molecule has 21 heavy (non-hydrogen) atoms.